The van der Waals surface area contributed by atoms with E-state index < -0.39 is 0 Å². The van der Waals surface area contributed by atoms with Crippen LogP contribution in [0.25, 0.3) is 0 Å². The first kappa shape index (κ1) is 48.0. The number of hydrogen-bond acceptors (Lipinski definition) is 8. The molecule has 0 unspecified atom stereocenters. The number of anilines is 15. The summed E-state index contributed by atoms with van der Waals surface area (Å²) in [6.45, 7) is 4.34. The van der Waals surface area contributed by atoms with Gasteiger partial charge < -0.3 is 36.0 Å². The quantitative estimate of drug-likeness (QED) is 0.0650. The number of para-hydroxylation sites is 3. The Morgan fingerprint density at radius 3 is 0.917 bits per heavy atom. The standard InChI is InChI=1S/C63H59N7O2/c1-3-14-62(71)46-65-48-24-30-54(31-25-48)68(51-18-10-6-11-19-51)57-36-42-60(43-37-57)70(59-40-34-56(35-41-59)67(50-16-8-5-9-17-50)53-28-22-47(64)23-29-53)61-44-38-58(39-45-61)69(52-20-12-7-13-21-52)55-32-26-49(27-33-55)66-63(72)15-4-2/h5-13,16-45,65H,3-4,14-15,46,64H2,1-2H3,(H,66,72). The number of benzene rings is 9. The largest absolute Gasteiger partial charge is 0.399 e. The van der Waals surface area contributed by atoms with E-state index in [0.717, 1.165) is 92.5 Å². The molecule has 0 radical (unpaired) electrons. The number of amides is 1. The lowest BCUT2D eigenvalue weighted by atomic mass is 10.1. The maximum Gasteiger partial charge on any atom is 0.224 e. The van der Waals surface area contributed by atoms with E-state index in [-0.39, 0.29) is 11.7 Å². The third-order valence-corrected chi connectivity index (χ3v) is 12.3. The van der Waals surface area contributed by atoms with E-state index in [2.05, 4.69) is 176 Å². The molecule has 72 heavy (non-hydrogen) atoms. The summed E-state index contributed by atoms with van der Waals surface area (Å²) in [5.41, 5.74) is 20.4. The second-order valence-corrected chi connectivity index (χ2v) is 17.5. The summed E-state index contributed by atoms with van der Waals surface area (Å²) in [5, 5.41) is 6.32. The maximum absolute atomic E-state index is 12.4. The molecule has 9 nitrogen and oxygen atoms in total. The molecule has 0 aliphatic heterocycles. The van der Waals surface area contributed by atoms with Crippen LogP contribution >= 0.6 is 0 Å². The molecular weight excluding hydrogens is 887 g/mol. The Bertz CT molecular complexity index is 3130. The minimum absolute atomic E-state index is 0.00905. The van der Waals surface area contributed by atoms with Crippen LogP contribution in [0.3, 0.4) is 0 Å². The predicted octanol–water partition coefficient (Wildman–Crippen LogP) is 16.7. The van der Waals surface area contributed by atoms with Crippen molar-refractivity contribution in [2.75, 3.05) is 42.5 Å². The first-order chi connectivity index (χ1) is 35.3. The fraction of sp³-hybridized carbons (Fsp3) is 0.111. The number of nitrogens with zero attached hydrogens (tertiary/aromatic N) is 4. The van der Waals surface area contributed by atoms with Gasteiger partial charge in [-0.1, -0.05) is 68.4 Å². The minimum Gasteiger partial charge on any atom is -0.399 e. The van der Waals surface area contributed by atoms with Gasteiger partial charge in [0.25, 0.3) is 0 Å². The molecule has 0 aliphatic carbocycles. The minimum atomic E-state index is 0.00905. The summed E-state index contributed by atoms with van der Waals surface area (Å²) >= 11 is 0. The molecule has 0 heterocycles. The molecule has 0 saturated heterocycles. The molecule has 0 fully saturated rings. The second kappa shape index (κ2) is 23.0. The van der Waals surface area contributed by atoms with Crippen molar-refractivity contribution in [2.24, 2.45) is 0 Å². The lowest BCUT2D eigenvalue weighted by molar-refractivity contribution is -0.117. The highest BCUT2D eigenvalue weighted by Crippen LogP contribution is 2.43. The Labute approximate surface area is 423 Å². The molecule has 0 aromatic heterocycles. The van der Waals surface area contributed by atoms with Crippen LogP contribution in [0.4, 0.5) is 85.3 Å². The summed E-state index contributed by atoms with van der Waals surface area (Å²) in [6.07, 6.45) is 2.68. The van der Waals surface area contributed by atoms with Crippen molar-refractivity contribution in [1.82, 2.24) is 0 Å². The zero-order valence-electron chi connectivity index (χ0n) is 40.7. The Morgan fingerprint density at radius 1 is 0.347 bits per heavy atom. The average molecular weight is 946 g/mol. The molecular formula is C63H59N7O2. The van der Waals surface area contributed by atoms with E-state index in [1.807, 2.05) is 105 Å². The van der Waals surface area contributed by atoms with Crippen molar-refractivity contribution < 1.29 is 9.59 Å². The number of hydrogen-bond donors (Lipinski definition) is 3. The highest BCUT2D eigenvalue weighted by molar-refractivity contribution is 5.91. The highest BCUT2D eigenvalue weighted by Gasteiger charge is 2.20. The lowest BCUT2D eigenvalue weighted by Gasteiger charge is -2.30. The number of nitrogens with two attached hydrogens (primary N) is 1. The van der Waals surface area contributed by atoms with Gasteiger partial charge in [-0.3, -0.25) is 9.59 Å². The Kier molecular flexibility index (Phi) is 15.3. The van der Waals surface area contributed by atoms with E-state index in [1.54, 1.807) is 0 Å². The fourth-order valence-electron chi connectivity index (χ4n) is 8.84. The van der Waals surface area contributed by atoms with Gasteiger partial charge in [0.15, 0.2) is 5.78 Å². The molecule has 9 heteroatoms. The second-order valence-electron chi connectivity index (χ2n) is 17.5. The Balaban J connectivity index is 1.09. The number of carbonyl (C=O) groups excluding carboxylic acids is 2. The van der Waals surface area contributed by atoms with Gasteiger partial charge in [0.1, 0.15) is 0 Å². The first-order valence-electron chi connectivity index (χ1n) is 24.6. The number of rotatable bonds is 20. The average Bonchev–Trinajstić information content (AvgIpc) is 3.42. The van der Waals surface area contributed by atoms with Gasteiger partial charge in [0, 0.05) is 98.2 Å². The molecule has 358 valence electrons. The van der Waals surface area contributed by atoms with E-state index in [1.165, 1.54) is 0 Å². The smallest absolute Gasteiger partial charge is 0.224 e. The summed E-state index contributed by atoms with van der Waals surface area (Å²) in [4.78, 5) is 33.7. The Morgan fingerprint density at radius 2 is 0.611 bits per heavy atom. The summed E-state index contributed by atoms with van der Waals surface area (Å²) in [6, 6.07) is 81.2. The predicted molar refractivity (Wildman–Crippen MR) is 302 cm³/mol. The number of nitrogens with one attached hydrogen (secondary N) is 2. The topological polar surface area (TPSA) is 97.2 Å². The zero-order valence-corrected chi connectivity index (χ0v) is 40.7. The van der Waals surface area contributed by atoms with Crippen LogP contribution < -0.4 is 36.0 Å². The molecule has 0 atom stereocenters. The highest BCUT2D eigenvalue weighted by atomic mass is 16.1. The molecule has 0 saturated carbocycles. The number of carbonyl (C=O) groups is 2. The molecule has 4 N–H and O–H groups in total. The van der Waals surface area contributed by atoms with Crippen LogP contribution in [0.15, 0.2) is 237 Å². The molecule has 9 aromatic rings. The molecule has 1 amide bonds. The van der Waals surface area contributed by atoms with E-state index in [0.29, 0.717) is 25.1 Å². The lowest BCUT2D eigenvalue weighted by Crippen LogP contribution is -2.14. The number of ketones is 1. The van der Waals surface area contributed by atoms with Gasteiger partial charge in [-0.25, -0.2) is 0 Å². The van der Waals surface area contributed by atoms with Gasteiger partial charge in [-0.2, -0.15) is 0 Å². The van der Waals surface area contributed by atoms with E-state index in [9.17, 15) is 9.59 Å². The molecule has 9 aromatic carbocycles. The monoisotopic (exact) mass is 945 g/mol. The normalized spacial score (nSPS) is 10.8. The summed E-state index contributed by atoms with van der Waals surface area (Å²) < 4.78 is 0. The third-order valence-electron chi connectivity index (χ3n) is 12.3. The van der Waals surface area contributed by atoms with Crippen LogP contribution in [0.5, 0.6) is 0 Å². The van der Waals surface area contributed by atoms with Crippen LogP contribution in [-0.4, -0.2) is 18.2 Å². The van der Waals surface area contributed by atoms with Crippen molar-refractivity contribution >= 4 is 97.0 Å². The van der Waals surface area contributed by atoms with Crippen molar-refractivity contribution in [3.63, 3.8) is 0 Å². The first-order valence-corrected chi connectivity index (χ1v) is 24.6. The van der Waals surface area contributed by atoms with Crippen LogP contribution in [0.2, 0.25) is 0 Å². The zero-order chi connectivity index (χ0) is 49.7. The summed E-state index contributed by atoms with van der Waals surface area (Å²) in [7, 11) is 0. The molecule has 0 aliphatic rings. The fourth-order valence-corrected chi connectivity index (χ4v) is 8.84. The van der Waals surface area contributed by atoms with Crippen LogP contribution in [-0.2, 0) is 9.59 Å². The van der Waals surface area contributed by atoms with Gasteiger partial charge in [-0.15, -0.1) is 0 Å². The molecule has 0 bridgehead atoms. The van der Waals surface area contributed by atoms with Crippen molar-refractivity contribution in [3.8, 4) is 0 Å². The number of nitrogen functional groups attached to an aromatic ring is 1. The molecule has 9 rings (SSSR count). The van der Waals surface area contributed by atoms with Crippen molar-refractivity contribution in [1.29, 1.82) is 0 Å². The van der Waals surface area contributed by atoms with Gasteiger partial charge in [0.2, 0.25) is 5.91 Å². The van der Waals surface area contributed by atoms with E-state index >= 15 is 0 Å². The summed E-state index contributed by atoms with van der Waals surface area (Å²) in [5.74, 6) is 0.210. The van der Waals surface area contributed by atoms with Gasteiger partial charge in [0.05, 0.1) is 6.54 Å². The van der Waals surface area contributed by atoms with Crippen molar-refractivity contribution in [3.05, 3.63) is 237 Å². The Hall–Kier alpha value is -9.08. The third kappa shape index (κ3) is 11.5. The van der Waals surface area contributed by atoms with E-state index in [4.69, 9.17) is 5.73 Å². The van der Waals surface area contributed by atoms with Gasteiger partial charge in [-0.05, 0) is 195 Å². The van der Waals surface area contributed by atoms with Crippen LogP contribution in [0.1, 0.15) is 39.5 Å². The number of Topliss-reactive ketones (excluding diaryl/α,β-unsaturated/α-hetero) is 1. The van der Waals surface area contributed by atoms with Crippen LogP contribution in [0, 0.1) is 0 Å². The van der Waals surface area contributed by atoms with Gasteiger partial charge >= 0.3 is 0 Å². The molecule has 0 spiro atoms. The van der Waals surface area contributed by atoms with Crippen molar-refractivity contribution in [2.45, 2.75) is 39.5 Å². The maximum atomic E-state index is 12.4. The SMILES string of the molecule is CCCC(=O)CNc1ccc(N(c2ccccc2)c2ccc(N(c3ccc(N(c4ccccc4)c4ccc(N)cc4)cc3)c3ccc(N(c4ccccc4)c4ccc(NC(=O)CCC)cc4)cc3)cc2)cc1.